The Bertz CT molecular complexity index is 227. The van der Waals surface area contributed by atoms with Crippen LogP contribution in [0.1, 0.15) is 66.7 Å². The highest BCUT2D eigenvalue weighted by atomic mass is 15.2. The molecule has 0 aromatic carbocycles. The minimum Gasteiger partial charge on any atom is -0.311 e. The lowest BCUT2D eigenvalue weighted by Gasteiger charge is -2.44. The van der Waals surface area contributed by atoms with E-state index in [4.69, 9.17) is 0 Å². The zero-order chi connectivity index (χ0) is 14.3. The summed E-state index contributed by atoms with van der Waals surface area (Å²) >= 11 is 0. The summed E-state index contributed by atoms with van der Waals surface area (Å²) in [6.45, 7) is 15.5. The predicted molar refractivity (Wildman–Crippen MR) is 85.6 cm³/mol. The molecule has 0 bridgehead atoms. The summed E-state index contributed by atoms with van der Waals surface area (Å²) < 4.78 is 0. The fourth-order valence-corrected chi connectivity index (χ4v) is 3.47. The number of hydrogen-bond donors (Lipinski definition) is 1. The van der Waals surface area contributed by atoms with E-state index in [2.05, 4.69) is 44.8 Å². The van der Waals surface area contributed by atoms with Gasteiger partial charge in [-0.2, -0.15) is 0 Å². The smallest absolute Gasteiger partial charge is 0.0246 e. The molecule has 4 atom stereocenters. The molecule has 0 aliphatic carbocycles. The molecule has 19 heavy (non-hydrogen) atoms. The van der Waals surface area contributed by atoms with Gasteiger partial charge in [0.2, 0.25) is 0 Å². The highest BCUT2D eigenvalue weighted by molar-refractivity contribution is 4.89. The molecule has 0 amide bonds. The number of nitrogens with zero attached hydrogens (tertiary/aromatic N) is 1. The molecule has 1 aliphatic heterocycles. The fraction of sp³-hybridized carbons (Fsp3) is 1.00. The van der Waals surface area contributed by atoms with Gasteiger partial charge in [-0.15, -0.1) is 0 Å². The molecule has 1 heterocycles. The summed E-state index contributed by atoms with van der Waals surface area (Å²) in [5, 5.41) is 3.78. The van der Waals surface area contributed by atoms with Crippen LogP contribution in [0, 0.1) is 11.8 Å². The van der Waals surface area contributed by atoms with E-state index in [-0.39, 0.29) is 0 Å². The van der Waals surface area contributed by atoms with Crippen LogP contribution in [0.5, 0.6) is 0 Å². The fourth-order valence-electron chi connectivity index (χ4n) is 3.47. The van der Waals surface area contributed by atoms with Crippen LogP contribution in [0.4, 0.5) is 0 Å². The average Bonchev–Trinajstić information content (AvgIpc) is 2.39. The van der Waals surface area contributed by atoms with Crippen LogP contribution < -0.4 is 5.32 Å². The van der Waals surface area contributed by atoms with Crippen LogP contribution >= 0.6 is 0 Å². The molecule has 1 fully saturated rings. The van der Waals surface area contributed by atoms with Gasteiger partial charge in [-0.1, -0.05) is 53.9 Å². The van der Waals surface area contributed by atoms with Gasteiger partial charge >= 0.3 is 0 Å². The summed E-state index contributed by atoms with van der Waals surface area (Å²) in [7, 11) is 0. The van der Waals surface area contributed by atoms with E-state index >= 15 is 0 Å². The topological polar surface area (TPSA) is 15.3 Å². The van der Waals surface area contributed by atoms with Crippen molar-refractivity contribution in [3.63, 3.8) is 0 Å². The minimum absolute atomic E-state index is 0.721. The number of nitrogens with one attached hydrogen (secondary N) is 1. The molecule has 2 nitrogen and oxygen atoms in total. The molecule has 0 aromatic rings. The highest BCUT2D eigenvalue weighted by Crippen LogP contribution is 2.21. The molecule has 0 radical (unpaired) electrons. The third kappa shape index (κ3) is 5.43. The van der Waals surface area contributed by atoms with Gasteiger partial charge in [0.15, 0.2) is 0 Å². The lowest BCUT2D eigenvalue weighted by atomic mass is 9.92. The Labute approximate surface area is 121 Å². The Morgan fingerprint density at radius 3 is 2.47 bits per heavy atom. The first-order chi connectivity index (χ1) is 9.12. The SMILES string of the molecule is CCCC(C)CN1CC(CCC)NCC1C(C)CC. The normalized spacial score (nSPS) is 28.3. The van der Waals surface area contributed by atoms with Gasteiger partial charge in [-0.05, 0) is 24.7 Å². The standard InChI is InChI=1S/C17H36N2/c1-6-9-14(4)12-19-13-16(10-7-2)18-11-17(19)15(5)8-3/h14-18H,6-13H2,1-5H3. The molecule has 1 saturated heterocycles. The second-order valence-corrected chi connectivity index (χ2v) is 6.69. The lowest BCUT2D eigenvalue weighted by Crippen LogP contribution is -2.59. The Morgan fingerprint density at radius 2 is 1.89 bits per heavy atom. The molecule has 1 aliphatic rings. The predicted octanol–water partition coefficient (Wildman–Crippen LogP) is 3.91. The summed E-state index contributed by atoms with van der Waals surface area (Å²) in [5.74, 6) is 1.65. The Morgan fingerprint density at radius 1 is 1.16 bits per heavy atom. The van der Waals surface area contributed by atoms with Crippen molar-refractivity contribution < 1.29 is 0 Å². The van der Waals surface area contributed by atoms with E-state index < -0.39 is 0 Å². The molecule has 0 saturated carbocycles. The van der Waals surface area contributed by atoms with E-state index in [1.165, 1.54) is 51.7 Å². The zero-order valence-electron chi connectivity index (χ0n) is 13.9. The first-order valence-electron chi connectivity index (χ1n) is 8.59. The minimum atomic E-state index is 0.721. The Hall–Kier alpha value is -0.0800. The summed E-state index contributed by atoms with van der Waals surface area (Å²) in [6, 6.07) is 1.47. The van der Waals surface area contributed by atoms with E-state index in [0.29, 0.717) is 0 Å². The molecule has 4 unspecified atom stereocenters. The molecule has 114 valence electrons. The number of rotatable bonds is 8. The van der Waals surface area contributed by atoms with Crippen LogP contribution in [0.15, 0.2) is 0 Å². The largest absolute Gasteiger partial charge is 0.311 e. The van der Waals surface area contributed by atoms with Crippen LogP contribution in [0.2, 0.25) is 0 Å². The summed E-state index contributed by atoms with van der Waals surface area (Å²) in [5.41, 5.74) is 0. The highest BCUT2D eigenvalue weighted by Gasteiger charge is 2.30. The third-order valence-electron chi connectivity index (χ3n) is 4.81. The maximum atomic E-state index is 3.78. The second kappa shape index (κ2) is 8.97. The summed E-state index contributed by atoms with van der Waals surface area (Å²) in [6.07, 6.45) is 6.61. The van der Waals surface area contributed by atoms with Crippen LogP contribution in [-0.4, -0.2) is 36.6 Å². The van der Waals surface area contributed by atoms with Crippen LogP contribution in [-0.2, 0) is 0 Å². The molecule has 0 spiro atoms. The van der Waals surface area contributed by atoms with Gasteiger partial charge in [0.1, 0.15) is 0 Å². The first-order valence-corrected chi connectivity index (χ1v) is 8.59. The zero-order valence-corrected chi connectivity index (χ0v) is 13.9. The molecule has 1 N–H and O–H groups in total. The first kappa shape index (κ1) is 17.0. The molecular weight excluding hydrogens is 232 g/mol. The lowest BCUT2D eigenvalue weighted by molar-refractivity contribution is 0.0740. The van der Waals surface area contributed by atoms with Crippen molar-refractivity contribution in [2.24, 2.45) is 11.8 Å². The quantitative estimate of drug-likeness (QED) is 0.718. The van der Waals surface area contributed by atoms with Crippen molar-refractivity contribution >= 4 is 0 Å². The van der Waals surface area contributed by atoms with E-state index in [0.717, 1.165) is 23.9 Å². The van der Waals surface area contributed by atoms with Crippen molar-refractivity contribution in [2.45, 2.75) is 78.8 Å². The Balaban J connectivity index is 2.59. The van der Waals surface area contributed by atoms with Crippen molar-refractivity contribution in [1.82, 2.24) is 10.2 Å². The number of piperazine rings is 1. The van der Waals surface area contributed by atoms with E-state index in [1.807, 2.05) is 0 Å². The molecular formula is C17H36N2. The van der Waals surface area contributed by atoms with Gasteiger partial charge in [-0.25, -0.2) is 0 Å². The van der Waals surface area contributed by atoms with Crippen molar-refractivity contribution in [3.8, 4) is 0 Å². The number of hydrogen-bond acceptors (Lipinski definition) is 2. The second-order valence-electron chi connectivity index (χ2n) is 6.69. The van der Waals surface area contributed by atoms with Gasteiger partial charge in [0.05, 0.1) is 0 Å². The van der Waals surface area contributed by atoms with Gasteiger partial charge < -0.3 is 5.32 Å². The maximum Gasteiger partial charge on any atom is 0.0246 e. The van der Waals surface area contributed by atoms with Gasteiger partial charge in [0, 0.05) is 31.7 Å². The monoisotopic (exact) mass is 268 g/mol. The summed E-state index contributed by atoms with van der Waals surface area (Å²) in [4.78, 5) is 2.80. The third-order valence-corrected chi connectivity index (χ3v) is 4.81. The van der Waals surface area contributed by atoms with E-state index in [9.17, 15) is 0 Å². The van der Waals surface area contributed by atoms with Gasteiger partial charge in [0.25, 0.3) is 0 Å². The van der Waals surface area contributed by atoms with Crippen LogP contribution in [0.3, 0.4) is 0 Å². The Kier molecular flexibility index (Phi) is 8.01. The van der Waals surface area contributed by atoms with Crippen molar-refractivity contribution in [2.75, 3.05) is 19.6 Å². The molecule has 1 rings (SSSR count). The van der Waals surface area contributed by atoms with Crippen molar-refractivity contribution in [1.29, 1.82) is 0 Å². The van der Waals surface area contributed by atoms with Crippen molar-refractivity contribution in [3.05, 3.63) is 0 Å². The molecule has 0 aromatic heterocycles. The maximum absolute atomic E-state index is 3.78. The van der Waals surface area contributed by atoms with Gasteiger partial charge in [-0.3, -0.25) is 4.90 Å². The van der Waals surface area contributed by atoms with Crippen LogP contribution in [0.25, 0.3) is 0 Å². The molecule has 2 heteroatoms. The van der Waals surface area contributed by atoms with E-state index in [1.54, 1.807) is 0 Å². The average molecular weight is 268 g/mol.